The molecule has 0 saturated carbocycles. The normalized spacial score (nSPS) is 11.4. The lowest BCUT2D eigenvalue weighted by molar-refractivity contribution is -0.111. The molecule has 0 atom stereocenters. The quantitative estimate of drug-likeness (QED) is 0.344. The summed E-state index contributed by atoms with van der Waals surface area (Å²) < 4.78 is 17.2. The summed E-state index contributed by atoms with van der Waals surface area (Å²) >= 11 is 0. The van der Waals surface area contributed by atoms with Gasteiger partial charge in [0.1, 0.15) is 17.1 Å². The lowest BCUT2D eigenvalue weighted by Gasteiger charge is -2.14. The van der Waals surface area contributed by atoms with E-state index in [1.165, 1.54) is 12.1 Å². The van der Waals surface area contributed by atoms with Crippen molar-refractivity contribution in [2.75, 3.05) is 19.5 Å². The Balaban J connectivity index is 1.76. The fourth-order valence-corrected chi connectivity index (χ4v) is 4.15. The summed E-state index contributed by atoms with van der Waals surface area (Å²) in [6.07, 6.45) is 3.19. The molecule has 0 fully saturated rings. The van der Waals surface area contributed by atoms with E-state index in [4.69, 9.17) is 19.6 Å². The van der Waals surface area contributed by atoms with Gasteiger partial charge in [-0.05, 0) is 49.8 Å². The third-order valence-corrected chi connectivity index (χ3v) is 5.83. The molecular formula is C28H26N2O5. The number of benzene rings is 3. The summed E-state index contributed by atoms with van der Waals surface area (Å²) in [4.78, 5) is 24.2. The maximum absolute atomic E-state index is 12.8. The highest BCUT2D eigenvalue weighted by molar-refractivity contribution is 6.06. The van der Waals surface area contributed by atoms with Crippen LogP contribution < -0.4 is 20.5 Å². The molecular weight excluding hydrogens is 444 g/mol. The first-order chi connectivity index (χ1) is 16.8. The van der Waals surface area contributed by atoms with Crippen LogP contribution in [-0.4, -0.2) is 26.0 Å². The molecule has 1 aromatic heterocycles. The minimum atomic E-state index is -0.563. The Hall–Kier alpha value is -4.52. The van der Waals surface area contributed by atoms with Crippen LogP contribution in [0.25, 0.3) is 27.7 Å². The van der Waals surface area contributed by atoms with Gasteiger partial charge in [0.2, 0.25) is 11.8 Å². The van der Waals surface area contributed by atoms with E-state index in [1.807, 2.05) is 44.2 Å². The van der Waals surface area contributed by atoms with Gasteiger partial charge in [0.15, 0.2) is 0 Å². The zero-order valence-electron chi connectivity index (χ0n) is 20.0. The van der Waals surface area contributed by atoms with Crippen molar-refractivity contribution < 1.29 is 23.5 Å². The van der Waals surface area contributed by atoms with E-state index >= 15 is 0 Å². The molecule has 178 valence electrons. The molecule has 1 heterocycles. The second-order valence-corrected chi connectivity index (χ2v) is 8.07. The first kappa shape index (κ1) is 23.6. The van der Waals surface area contributed by atoms with Crippen LogP contribution in [0.3, 0.4) is 0 Å². The molecule has 7 heteroatoms. The minimum Gasteiger partial charge on any atom is -0.496 e. The molecule has 0 spiro atoms. The van der Waals surface area contributed by atoms with E-state index in [0.29, 0.717) is 28.2 Å². The number of para-hydroxylation sites is 1. The molecule has 0 aliphatic heterocycles. The number of furan rings is 1. The molecule has 0 aliphatic carbocycles. The number of allylic oxidation sites excluding steroid dienone is 1. The van der Waals surface area contributed by atoms with Crippen molar-refractivity contribution in [3.05, 3.63) is 83.6 Å². The number of rotatable bonds is 7. The molecule has 0 aliphatic rings. The molecule has 0 radical (unpaired) electrons. The van der Waals surface area contributed by atoms with Crippen LogP contribution in [0.15, 0.2) is 71.4 Å². The second-order valence-electron chi connectivity index (χ2n) is 8.07. The van der Waals surface area contributed by atoms with E-state index in [-0.39, 0.29) is 5.91 Å². The summed E-state index contributed by atoms with van der Waals surface area (Å²) in [6, 6.07) is 16.1. The van der Waals surface area contributed by atoms with Crippen LogP contribution in [0.4, 0.5) is 5.69 Å². The smallest absolute Gasteiger partial charge is 0.248 e. The average Bonchev–Trinajstić information content (AvgIpc) is 3.28. The van der Waals surface area contributed by atoms with E-state index in [1.54, 1.807) is 38.7 Å². The van der Waals surface area contributed by atoms with Gasteiger partial charge in [0.25, 0.3) is 0 Å². The highest BCUT2D eigenvalue weighted by Gasteiger charge is 2.20. The van der Waals surface area contributed by atoms with Crippen LogP contribution in [0.5, 0.6) is 11.5 Å². The average molecular weight is 471 g/mol. The number of hydrogen-bond donors (Lipinski definition) is 2. The third-order valence-electron chi connectivity index (χ3n) is 5.83. The fourth-order valence-electron chi connectivity index (χ4n) is 4.15. The first-order valence-corrected chi connectivity index (χ1v) is 11.0. The van der Waals surface area contributed by atoms with Gasteiger partial charge in [0, 0.05) is 45.0 Å². The molecule has 7 nitrogen and oxygen atoms in total. The van der Waals surface area contributed by atoms with Gasteiger partial charge in [-0.15, -0.1) is 0 Å². The van der Waals surface area contributed by atoms with E-state index < -0.39 is 5.91 Å². The van der Waals surface area contributed by atoms with Crippen molar-refractivity contribution in [3.63, 3.8) is 0 Å². The number of nitrogens with two attached hydrogens (primary N) is 1. The van der Waals surface area contributed by atoms with E-state index in [2.05, 4.69) is 5.32 Å². The van der Waals surface area contributed by atoms with Gasteiger partial charge < -0.3 is 24.9 Å². The zero-order valence-corrected chi connectivity index (χ0v) is 20.0. The van der Waals surface area contributed by atoms with Crippen molar-refractivity contribution >= 4 is 34.0 Å². The van der Waals surface area contributed by atoms with Crippen LogP contribution >= 0.6 is 0 Å². The van der Waals surface area contributed by atoms with Crippen LogP contribution in [0.2, 0.25) is 0 Å². The summed E-state index contributed by atoms with van der Waals surface area (Å²) in [5.74, 6) is 0.444. The largest absolute Gasteiger partial charge is 0.496 e. The van der Waals surface area contributed by atoms with Crippen molar-refractivity contribution in [1.82, 2.24) is 0 Å². The Morgan fingerprint density at radius 1 is 1.00 bits per heavy atom. The van der Waals surface area contributed by atoms with Gasteiger partial charge >= 0.3 is 0 Å². The number of aryl methyl sites for hydroxylation is 1. The van der Waals surface area contributed by atoms with Gasteiger partial charge in [0.05, 0.1) is 20.5 Å². The molecule has 4 aromatic rings. The minimum absolute atomic E-state index is 0.315. The number of primary amides is 1. The Bertz CT molecular complexity index is 1470. The molecule has 0 saturated heterocycles. The summed E-state index contributed by atoms with van der Waals surface area (Å²) in [5, 5.41) is 3.66. The fraction of sp³-hybridized carbons (Fsp3) is 0.143. The number of anilines is 1. The standard InChI is InChI=1S/C28H26N2O5/c1-16(12-25(31)30-19-9-7-8-18(13-19)28(29)32)21-14-22-23(20-10-5-6-11-24(20)33-3)15-35-27(22)17(2)26(21)34-4/h5-15H,1-4H3,(H2,29,32)(H,30,31)/b16-12+. The number of hydrogen-bond acceptors (Lipinski definition) is 5. The number of nitrogens with one attached hydrogen (secondary N) is 1. The molecule has 35 heavy (non-hydrogen) atoms. The van der Waals surface area contributed by atoms with E-state index in [0.717, 1.165) is 33.4 Å². The summed E-state index contributed by atoms with van der Waals surface area (Å²) in [5.41, 5.74) is 10.9. The SMILES string of the molecule is COc1ccccc1-c1coc2c(C)c(OC)c(/C(C)=C/C(=O)Nc3cccc(C(N)=O)c3)cc12. The van der Waals surface area contributed by atoms with Crippen molar-refractivity contribution in [2.45, 2.75) is 13.8 Å². The predicted octanol–water partition coefficient (Wildman–Crippen LogP) is 5.57. The monoisotopic (exact) mass is 470 g/mol. The van der Waals surface area contributed by atoms with Crippen molar-refractivity contribution in [2.24, 2.45) is 5.73 Å². The van der Waals surface area contributed by atoms with Crippen LogP contribution in [0.1, 0.15) is 28.4 Å². The van der Waals surface area contributed by atoms with Crippen LogP contribution in [0, 0.1) is 6.92 Å². The Morgan fingerprint density at radius 2 is 1.77 bits per heavy atom. The van der Waals surface area contributed by atoms with Gasteiger partial charge in [-0.25, -0.2) is 0 Å². The second kappa shape index (κ2) is 9.77. The van der Waals surface area contributed by atoms with E-state index in [9.17, 15) is 9.59 Å². The van der Waals surface area contributed by atoms with Gasteiger partial charge in [-0.2, -0.15) is 0 Å². The molecule has 0 unspecified atom stereocenters. The number of fused-ring (bicyclic) bond motifs is 1. The zero-order chi connectivity index (χ0) is 25.1. The number of ether oxygens (including phenoxy) is 2. The Kier molecular flexibility index (Phi) is 6.59. The Labute approximate surface area is 203 Å². The number of amides is 2. The molecule has 4 rings (SSSR count). The summed E-state index contributed by atoms with van der Waals surface area (Å²) in [6.45, 7) is 3.76. The van der Waals surface area contributed by atoms with Crippen molar-refractivity contribution in [1.29, 1.82) is 0 Å². The van der Waals surface area contributed by atoms with Crippen LogP contribution in [-0.2, 0) is 4.79 Å². The predicted molar refractivity (Wildman–Crippen MR) is 137 cm³/mol. The molecule has 0 bridgehead atoms. The number of carbonyl (C=O) groups is 2. The number of methoxy groups -OCH3 is 2. The first-order valence-electron chi connectivity index (χ1n) is 11.0. The summed E-state index contributed by atoms with van der Waals surface area (Å²) in [7, 11) is 3.22. The van der Waals surface area contributed by atoms with Gasteiger partial charge in [-0.3, -0.25) is 9.59 Å². The third kappa shape index (κ3) is 4.61. The lowest BCUT2D eigenvalue weighted by Crippen LogP contribution is -2.13. The Morgan fingerprint density at radius 3 is 2.49 bits per heavy atom. The molecule has 2 amide bonds. The molecule has 3 aromatic carbocycles. The maximum Gasteiger partial charge on any atom is 0.248 e. The number of carbonyl (C=O) groups excluding carboxylic acids is 2. The lowest BCUT2D eigenvalue weighted by atomic mass is 9.96. The highest BCUT2D eigenvalue weighted by atomic mass is 16.5. The van der Waals surface area contributed by atoms with Gasteiger partial charge in [-0.1, -0.05) is 24.3 Å². The topological polar surface area (TPSA) is 104 Å². The highest BCUT2D eigenvalue weighted by Crippen LogP contribution is 2.42. The van der Waals surface area contributed by atoms with Crippen molar-refractivity contribution in [3.8, 4) is 22.6 Å². The molecule has 3 N–H and O–H groups in total. The maximum atomic E-state index is 12.8.